The SMILES string of the molecule is CCCN(CCC(=O)Nc1nnc(-c2ccccc2)s1)C(=O)Nc1ccccc1C. The summed E-state index contributed by atoms with van der Waals surface area (Å²) in [5.41, 5.74) is 2.72. The van der Waals surface area contributed by atoms with Gasteiger partial charge in [-0.25, -0.2) is 4.79 Å². The maximum Gasteiger partial charge on any atom is 0.321 e. The molecule has 0 saturated carbocycles. The number of carbonyl (C=O) groups is 2. The van der Waals surface area contributed by atoms with Crippen molar-refractivity contribution in [2.45, 2.75) is 26.7 Å². The van der Waals surface area contributed by atoms with Crippen LogP contribution in [0.4, 0.5) is 15.6 Å². The van der Waals surface area contributed by atoms with E-state index in [0.717, 1.165) is 28.2 Å². The van der Waals surface area contributed by atoms with Gasteiger partial charge in [0.15, 0.2) is 0 Å². The van der Waals surface area contributed by atoms with E-state index in [1.165, 1.54) is 11.3 Å². The number of amides is 3. The van der Waals surface area contributed by atoms with Crippen molar-refractivity contribution in [2.75, 3.05) is 23.7 Å². The van der Waals surface area contributed by atoms with Crippen LogP contribution in [0.1, 0.15) is 25.3 Å². The van der Waals surface area contributed by atoms with Crippen molar-refractivity contribution in [1.82, 2.24) is 15.1 Å². The molecule has 0 aliphatic rings. The standard InChI is InChI=1S/C22H25N5O2S/c1-3-14-27(22(29)23-18-12-8-7-9-16(18)2)15-13-19(28)24-21-26-25-20(30-21)17-10-5-4-6-11-17/h4-12H,3,13-15H2,1-2H3,(H,23,29)(H,24,26,28). The Morgan fingerprint density at radius 1 is 0.967 bits per heavy atom. The van der Waals surface area contributed by atoms with Crippen LogP contribution in [-0.4, -0.2) is 40.1 Å². The Hall–Kier alpha value is -3.26. The Morgan fingerprint density at radius 2 is 1.70 bits per heavy atom. The molecule has 2 N–H and O–H groups in total. The molecule has 0 atom stereocenters. The lowest BCUT2D eigenvalue weighted by Crippen LogP contribution is -2.37. The van der Waals surface area contributed by atoms with Gasteiger partial charge in [-0.1, -0.05) is 66.8 Å². The van der Waals surface area contributed by atoms with Gasteiger partial charge in [0.25, 0.3) is 0 Å². The number of para-hydroxylation sites is 1. The summed E-state index contributed by atoms with van der Waals surface area (Å²) in [6, 6.07) is 17.1. The molecule has 7 nitrogen and oxygen atoms in total. The Labute approximate surface area is 180 Å². The number of urea groups is 1. The first-order valence-corrected chi connectivity index (χ1v) is 10.7. The Balaban J connectivity index is 1.54. The van der Waals surface area contributed by atoms with Crippen LogP contribution in [0.5, 0.6) is 0 Å². The highest BCUT2D eigenvalue weighted by molar-refractivity contribution is 7.18. The highest BCUT2D eigenvalue weighted by atomic mass is 32.1. The van der Waals surface area contributed by atoms with Crippen molar-refractivity contribution in [1.29, 1.82) is 0 Å². The van der Waals surface area contributed by atoms with Crippen molar-refractivity contribution < 1.29 is 9.59 Å². The van der Waals surface area contributed by atoms with E-state index in [-0.39, 0.29) is 18.4 Å². The third-order valence-corrected chi connectivity index (χ3v) is 5.36. The second-order valence-electron chi connectivity index (χ2n) is 6.81. The third kappa shape index (κ3) is 5.87. The molecule has 0 bridgehead atoms. The molecule has 0 radical (unpaired) electrons. The van der Waals surface area contributed by atoms with Gasteiger partial charge < -0.3 is 15.5 Å². The summed E-state index contributed by atoms with van der Waals surface area (Å²) >= 11 is 1.32. The highest BCUT2D eigenvalue weighted by Crippen LogP contribution is 2.25. The summed E-state index contributed by atoms with van der Waals surface area (Å²) in [5.74, 6) is -0.199. The molecular formula is C22H25N5O2S. The van der Waals surface area contributed by atoms with E-state index in [9.17, 15) is 9.59 Å². The van der Waals surface area contributed by atoms with Crippen molar-refractivity contribution in [2.24, 2.45) is 0 Å². The quantitative estimate of drug-likeness (QED) is 0.545. The van der Waals surface area contributed by atoms with Crippen molar-refractivity contribution in [3.8, 4) is 10.6 Å². The number of carbonyl (C=O) groups excluding carboxylic acids is 2. The van der Waals surface area contributed by atoms with E-state index >= 15 is 0 Å². The Kier molecular flexibility index (Phi) is 7.51. The van der Waals surface area contributed by atoms with Gasteiger partial charge in [-0.15, -0.1) is 10.2 Å². The molecule has 156 valence electrons. The van der Waals surface area contributed by atoms with Gasteiger partial charge in [0.05, 0.1) is 0 Å². The number of anilines is 2. The van der Waals surface area contributed by atoms with Crippen molar-refractivity contribution >= 4 is 34.1 Å². The summed E-state index contributed by atoms with van der Waals surface area (Å²) in [5, 5.41) is 15.1. The maximum absolute atomic E-state index is 12.6. The van der Waals surface area contributed by atoms with Gasteiger partial charge in [0, 0.05) is 30.8 Å². The number of benzene rings is 2. The molecule has 3 rings (SSSR count). The molecule has 0 aliphatic carbocycles. The molecule has 3 amide bonds. The van der Waals surface area contributed by atoms with Crippen molar-refractivity contribution in [3.63, 3.8) is 0 Å². The summed E-state index contributed by atoms with van der Waals surface area (Å²) in [4.78, 5) is 26.7. The fourth-order valence-electron chi connectivity index (χ4n) is 2.88. The Bertz CT molecular complexity index is 990. The predicted octanol–water partition coefficient (Wildman–Crippen LogP) is 4.79. The molecule has 30 heavy (non-hydrogen) atoms. The van der Waals surface area contributed by atoms with Crippen LogP contribution >= 0.6 is 11.3 Å². The number of aryl methyl sites for hydroxylation is 1. The number of nitrogens with one attached hydrogen (secondary N) is 2. The van der Waals surface area contributed by atoms with Crippen LogP contribution in [0.15, 0.2) is 54.6 Å². The first-order valence-electron chi connectivity index (χ1n) is 9.87. The molecule has 3 aromatic rings. The number of nitrogens with zero attached hydrogens (tertiary/aromatic N) is 3. The number of hydrogen-bond acceptors (Lipinski definition) is 5. The topological polar surface area (TPSA) is 87.2 Å². The van der Waals surface area contributed by atoms with Crippen LogP contribution in [0.25, 0.3) is 10.6 Å². The normalized spacial score (nSPS) is 10.5. The van der Waals surface area contributed by atoms with Crippen molar-refractivity contribution in [3.05, 3.63) is 60.2 Å². The van der Waals surface area contributed by atoms with Crippen LogP contribution in [0.2, 0.25) is 0 Å². The third-order valence-electron chi connectivity index (χ3n) is 4.47. The van der Waals surface area contributed by atoms with E-state index < -0.39 is 0 Å². The largest absolute Gasteiger partial charge is 0.324 e. The summed E-state index contributed by atoms with van der Waals surface area (Å²) in [7, 11) is 0. The molecule has 1 heterocycles. The van der Waals surface area contributed by atoms with Crippen LogP contribution in [0, 0.1) is 6.92 Å². The van der Waals surface area contributed by atoms with Crippen LogP contribution in [-0.2, 0) is 4.79 Å². The van der Waals surface area contributed by atoms with Gasteiger partial charge in [-0.3, -0.25) is 4.79 Å². The zero-order valence-electron chi connectivity index (χ0n) is 17.1. The Morgan fingerprint density at radius 3 is 2.43 bits per heavy atom. The molecule has 2 aromatic carbocycles. The van der Waals surface area contributed by atoms with Gasteiger partial charge in [0.2, 0.25) is 11.0 Å². The molecule has 0 saturated heterocycles. The first kappa shape index (κ1) is 21.4. The van der Waals surface area contributed by atoms with E-state index in [1.807, 2.05) is 68.4 Å². The molecule has 0 fully saturated rings. The second-order valence-corrected chi connectivity index (χ2v) is 7.79. The van der Waals surface area contributed by atoms with Crippen LogP contribution in [0.3, 0.4) is 0 Å². The van der Waals surface area contributed by atoms with E-state index in [4.69, 9.17) is 0 Å². The molecule has 1 aromatic heterocycles. The zero-order valence-corrected chi connectivity index (χ0v) is 17.9. The smallest absolute Gasteiger partial charge is 0.321 e. The molecule has 0 spiro atoms. The van der Waals surface area contributed by atoms with E-state index in [1.54, 1.807) is 4.90 Å². The number of aromatic nitrogens is 2. The highest BCUT2D eigenvalue weighted by Gasteiger charge is 2.16. The van der Waals surface area contributed by atoms with Gasteiger partial charge >= 0.3 is 6.03 Å². The molecular weight excluding hydrogens is 398 g/mol. The van der Waals surface area contributed by atoms with Crippen LogP contribution < -0.4 is 10.6 Å². The fraction of sp³-hybridized carbons (Fsp3) is 0.273. The molecule has 0 aliphatic heterocycles. The minimum absolute atomic E-state index is 0.182. The monoisotopic (exact) mass is 423 g/mol. The van der Waals surface area contributed by atoms with E-state index in [2.05, 4.69) is 20.8 Å². The van der Waals surface area contributed by atoms with Gasteiger partial charge in [0.1, 0.15) is 5.01 Å². The van der Waals surface area contributed by atoms with Gasteiger partial charge in [-0.2, -0.15) is 0 Å². The minimum atomic E-state index is -0.207. The summed E-state index contributed by atoms with van der Waals surface area (Å²) in [6.45, 7) is 4.84. The lowest BCUT2D eigenvalue weighted by molar-refractivity contribution is -0.116. The number of rotatable bonds is 8. The van der Waals surface area contributed by atoms with E-state index in [0.29, 0.717) is 18.2 Å². The average molecular weight is 424 g/mol. The first-order chi connectivity index (χ1) is 14.6. The molecule has 8 heteroatoms. The minimum Gasteiger partial charge on any atom is -0.324 e. The number of hydrogen-bond donors (Lipinski definition) is 2. The molecule has 0 unspecified atom stereocenters. The zero-order chi connectivity index (χ0) is 21.3. The lowest BCUT2D eigenvalue weighted by Gasteiger charge is -2.22. The average Bonchev–Trinajstić information content (AvgIpc) is 3.21. The van der Waals surface area contributed by atoms with Gasteiger partial charge in [-0.05, 0) is 25.0 Å². The summed E-state index contributed by atoms with van der Waals surface area (Å²) < 4.78 is 0. The fourth-order valence-corrected chi connectivity index (χ4v) is 3.65. The lowest BCUT2D eigenvalue weighted by atomic mass is 10.2. The predicted molar refractivity (Wildman–Crippen MR) is 121 cm³/mol. The summed E-state index contributed by atoms with van der Waals surface area (Å²) in [6.07, 6.45) is 0.987. The second kappa shape index (κ2) is 10.5. The maximum atomic E-state index is 12.6.